The van der Waals surface area contributed by atoms with E-state index in [1.54, 1.807) is 0 Å². The molecule has 2 aromatic rings. The molecule has 0 heterocycles. The molecule has 0 aliphatic carbocycles. The molecule has 0 saturated carbocycles. The maximum absolute atomic E-state index is 3.56. The van der Waals surface area contributed by atoms with Gasteiger partial charge >= 0.3 is 0 Å². The van der Waals surface area contributed by atoms with Gasteiger partial charge in [-0.05, 0) is 42.8 Å². The van der Waals surface area contributed by atoms with E-state index in [9.17, 15) is 0 Å². The average Bonchev–Trinajstić information content (AvgIpc) is 2.47. The Kier molecular flexibility index (Phi) is 4.73. The molecule has 0 radical (unpaired) electrons. The number of nitrogens with one attached hydrogen (secondary N) is 1. The summed E-state index contributed by atoms with van der Waals surface area (Å²) >= 11 is 0. The van der Waals surface area contributed by atoms with Crippen LogP contribution in [0.25, 0.3) is 0 Å². The zero-order valence-corrected chi connectivity index (χ0v) is 13.6. The van der Waals surface area contributed by atoms with Crippen molar-refractivity contribution in [2.75, 3.05) is 43.3 Å². The Balaban J connectivity index is 2.10. The summed E-state index contributed by atoms with van der Waals surface area (Å²) in [7, 11) is 8.23. The maximum Gasteiger partial charge on any atom is 0.0485 e. The van der Waals surface area contributed by atoms with Crippen LogP contribution in [-0.2, 0) is 0 Å². The average molecular weight is 283 g/mol. The standard InChI is InChI=1S/C18H25N3/c1-14(15-9-11-17(12-10-15)20(2)3)19-16-7-6-8-18(13-16)21(4)5/h6-14,19H,1-5H3. The molecular formula is C18H25N3. The highest BCUT2D eigenvalue weighted by Crippen LogP contribution is 2.24. The van der Waals surface area contributed by atoms with Crippen molar-refractivity contribution in [3.05, 3.63) is 54.1 Å². The minimum atomic E-state index is 0.277. The quantitative estimate of drug-likeness (QED) is 0.895. The molecule has 3 nitrogen and oxygen atoms in total. The van der Waals surface area contributed by atoms with Crippen molar-refractivity contribution in [1.29, 1.82) is 0 Å². The Labute approximate surface area is 128 Å². The number of anilines is 3. The summed E-state index contributed by atoms with van der Waals surface area (Å²) in [6.07, 6.45) is 0. The molecule has 3 heteroatoms. The van der Waals surface area contributed by atoms with Crippen LogP contribution < -0.4 is 15.1 Å². The van der Waals surface area contributed by atoms with Crippen LogP contribution in [0, 0.1) is 0 Å². The van der Waals surface area contributed by atoms with Crippen LogP contribution in [0.3, 0.4) is 0 Å². The van der Waals surface area contributed by atoms with Crippen LogP contribution in [0.1, 0.15) is 18.5 Å². The van der Waals surface area contributed by atoms with Crippen molar-refractivity contribution in [2.45, 2.75) is 13.0 Å². The van der Waals surface area contributed by atoms with E-state index >= 15 is 0 Å². The molecule has 1 atom stereocenters. The van der Waals surface area contributed by atoms with E-state index in [1.807, 2.05) is 0 Å². The van der Waals surface area contributed by atoms with Gasteiger partial charge in [-0.15, -0.1) is 0 Å². The third-order valence-corrected chi connectivity index (χ3v) is 3.66. The first-order valence-corrected chi connectivity index (χ1v) is 7.28. The number of benzene rings is 2. The summed E-state index contributed by atoms with van der Waals surface area (Å²) in [6, 6.07) is 17.4. The van der Waals surface area contributed by atoms with E-state index in [1.165, 1.54) is 16.9 Å². The molecule has 2 aromatic carbocycles. The number of rotatable bonds is 5. The zero-order valence-electron chi connectivity index (χ0n) is 13.6. The smallest absolute Gasteiger partial charge is 0.0485 e. The monoisotopic (exact) mass is 283 g/mol. The molecular weight excluding hydrogens is 258 g/mol. The van der Waals surface area contributed by atoms with E-state index < -0.39 is 0 Å². The Morgan fingerprint density at radius 1 is 0.810 bits per heavy atom. The van der Waals surface area contributed by atoms with Gasteiger partial charge in [0.05, 0.1) is 0 Å². The molecule has 0 aromatic heterocycles. The molecule has 0 amide bonds. The van der Waals surface area contributed by atoms with Crippen LogP contribution in [0.5, 0.6) is 0 Å². The zero-order chi connectivity index (χ0) is 15.4. The lowest BCUT2D eigenvalue weighted by atomic mass is 10.1. The van der Waals surface area contributed by atoms with Gasteiger partial charge in [0.15, 0.2) is 0 Å². The van der Waals surface area contributed by atoms with Gasteiger partial charge in [-0.3, -0.25) is 0 Å². The van der Waals surface area contributed by atoms with Gasteiger partial charge in [-0.1, -0.05) is 18.2 Å². The van der Waals surface area contributed by atoms with E-state index in [0.717, 1.165) is 5.69 Å². The molecule has 1 unspecified atom stereocenters. The molecule has 0 aliphatic heterocycles. The van der Waals surface area contributed by atoms with E-state index in [0.29, 0.717) is 0 Å². The summed E-state index contributed by atoms with van der Waals surface area (Å²) in [5.74, 6) is 0. The predicted molar refractivity (Wildman–Crippen MR) is 93.6 cm³/mol. The second kappa shape index (κ2) is 6.53. The van der Waals surface area contributed by atoms with Crippen LogP contribution in [-0.4, -0.2) is 28.2 Å². The Hall–Kier alpha value is -2.16. The minimum Gasteiger partial charge on any atom is -0.378 e. The normalized spacial score (nSPS) is 11.9. The SMILES string of the molecule is CC(Nc1cccc(N(C)C)c1)c1ccc(N(C)C)cc1. The molecule has 2 rings (SSSR count). The van der Waals surface area contributed by atoms with Gasteiger partial charge in [0, 0.05) is 51.3 Å². The van der Waals surface area contributed by atoms with Crippen molar-refractivity contribution < 1.29 is 0 Å². The summed E-state index contributed by atoms with van der Waals surface area (Å²) < 4.78 is 0. The minimum absolute atomic E-state index is 0.277. The molecule has 0 bridgehead atoms. The molecule has 0 aliphatic rings. The lowest BCUT2D eigenvalue weighted by Crippen LogP contribution is -2.11. The van der Waals surface area contributed by atoms with Crippen LogP contribution >= 0.6 is 0 Å². The first kappa shape index (κ1) is 15.2. The largest absolute Gasteiger partial charge is 0.378 e. The highest BCUT2D eigenvalue weighted by Gasteiger charge is 2.06. The third-order valence-electron chi connectivity index (χ3n) is 3.66. The Morgan fingerprint density at radius 3 is 2.00 bits per heavy atom. The fourth-order valence-electron chi connectivity index (χ4n) is 2.27. The molecule has 1 N–H and O–H groups in total. The lowest BCUT2D eigenvalue weighted by Gasteiger charge is -2.19. The second-order valence-electron chi connectivity index (χ2n) is 5.80. The molecule has 0 saturated heterocycles. The number of hydrogen-bond acceptors (Lipinski definition) is 3. The summed E-state index contributed by atoms with van der Waals surface area (Å²) in [4.78, 5) is 4.23. The van der Waals surface area contributed by atoms with Crippen LogP contribution in [0.2, 0.25) is 0 Å². The maximum atomic E-state index is 3.56. The molecule has 112 valence electrons. The second-order valence-corrected chi connectivity index (χ2v) is 5.80. The van der Waals surface area contributed by atoms with E-state index in [-0.39, 0.29) is 6.04 Å². The van der Waals surface area contributed by atoms with Crippen LogP contribution in [0.4, 0.5) is 17.1 Å². The van der Waals surface area contributed by atoms with E-state index in [4.69, 9.17) is 0 Å². The molecule has 21 heavy (non-hydrogen) atoms. The number of nitrogens with zero attached hydrogens (tertiary/aromatic N) is 2. The van der Waals surface area contributed by atoms with Gasteiger partial charge < -0.3 is 15.1 Å². The Bertz CT molecular complexity index is 573. The fraction of sp³-hybridized carbons (Fsp3) is 0.333. The summed E-state index contributed by atoms with van der Waals surface area (Å²) in [5.41, 5.74) is 4.86. The van der Waals surface area contributed by atoms with E-state index in [2.05, 4.69) is 98.8 Å². The van der Waals surface area contributed by atoms with Crippen molar-refractivity contribution in [2.24, 2.45) is 0 Å². The van der Waals surface area contributed by atoms with Crippen molar-refractivity contribution >= 4 is 17.1 Å². The lowest BCUT2D eigenvalue weighted by molar-refractivity contribution is 0.884. The van der Waals surface area contributed by atoms with Gasteiger partial charge in [0.2, 0.25) is 0 Å². The first-order valence-electron chi connectivity index (χ1n) is 7.28. The van der Waals surface area contributed by atoms with Crippen molar-refractivity contribution in [3.63, 3.8) is 0 Å². The number of hydrogen-bond donors (Lipinski definition) is 1. The van der Waals surface area contributed by atoms with Crippen molar-refractivity contribution in [1.82, 2.24) is 0 Å². The van der Waals surface area contributed by atoms with Crippen molar-refractivity contribution in [3.8, 4) is 0 Å². The van der Waals surface area contributed by atoms with Crippen LogP contribution in [0.15, 0.2) is 48.5 Å². The predicted octanol–water partition coefficient (Wildman–Crippen LogP) is 3.99. The van der Waals surface area contributed by atoms with Gasteiger partial charge in [0.1, 0.15) is 0 Å². The third kappa shape index (κ3) is 3.91. The fourth-order valence-corrected chi connectivity index (χ4v) is 2.27. The van der Waals surface area contributed by atoms with Gasteiger partial charge in [-0.25, -0.2) is 0 Å². The summed E-state index contributed by atoms with van der Waals surface area (Å²) in [6.45, 7) is 2.19. The summed E-state index contributed by atoms with van der Waals surface area (Å²) in [5, 5.41) is 3.56. The van der Waals surface area contributed by atoms with Gasteiger partial charge in [0.25, 0.3) is 0 Å². The highest BCUT2D eigenvalue weighted by molar-refractivity contribution is 5.58. The van der Waals surface area contributed by atoms with Gasteiger partial charge in [-0.2, -0.15) is 0 Å². The molecule has 0 spiro atoms. The topological polar surface area (TPSA) is 18.5 Å². The Morgan fingerprint density at radius 2 is 1.43 bits per heavy atom. The molecule has 0 fully saturated rings. The highest BCUT2D eigenvalue weighted by atomic mass is 15.1. The first-order chi connectivity index (χ1) is 9.97.